The second-order valence-corrected chi connectivity index (χ2v) is 6.21. The first-order chi connectivity index (χ1) is 13.3. The Kier molecular flexibility index (Phi) is 5.67. The molecule has 1 amide bonds. The zero-order valence-corrected chi connectivity index (χ0v) is 15.1. The molecule has 0 spiro atoms. The highest BCUT2D eigenvalue weighted by atomic mass is 19.4. The fraction of sp³-hybridized carbons (Fsp3) is 0.200. The fourth-order valence-corrected chi connectivity index (χ4v) is 2.69. The highest BCUT2D eigenvalue weighted by Gasteiger charge is 2.32. The number of alkyl halides is 3. The average Bonchev–Trinajstić information content (AvgIpc) is 3.11. The smallest absolute Gasteiger partial charge is 0.405 e. The summed E-state index contributed by atoms with van der Waals surface area (Å²) in [5, 5.41) is 4.24. The molecule has 8 heteroatoms. The van der Waals surface area contributed by atoms with Gasteiger partial charge in [0.2, 0.25) is 5.91 Å². The summed E-state index contributed by atoms with van der Waals surface area (Å²) in [5.41, 5.74) is 1.85. The summed E-state index contributed by atoms with van der Waals surface area (Å²) in [5.74, 6) is -0.555. The molecule has 146 valence electrons. The molecular formula is C20H18F3N3O2. The normalized spacial score (nSPS) is 11.3. The molecule has 2 aromatic carbocycles. The largest absolute Gasteiger partial charge is 0.573 e. The van der Waals surface area contributed by atoms with Crippen LogP contribution < -0.4 is 4.74 Å². The van der Waals surface area contributed by atoms with Gasteiger partial charge < -0.3 is 9.64 Å². The van der Waals surface area contributed by atoms with Crippen molar-refractivity contribution < 1.29 is 22.7 Å². The zero-order valence-electron chi connectivity index (χ0n) is 15.1. The molecular weight excluding hydrogens is 371 g/mol. The van der Waals surface area contributed by atoms with Gasteiger partial charge in [-0.1, -0.05) is 36.4 Å². The highest BCUT2D eigenvalue weighted by molar-refractivity contribution is 5.78. The summed E-state index contributed by atoms with van der Waals surface area (Å²) < 4.78 is 43.3. The molecule has 3 rings (SSSR count). The van der Waals surface area contributed by atoms with Crippen molar-refractivity contribution in [3.8, 4) is 11.4 Å². The lowest BCUT2D eigenvalue weighted by atomic mass is 10.1. The van der Waals surface area contributed by atoms with E-state index in [9.17, 15) is 18.0 Å². The van der Waals surface area contributed by atoms with E-state index in [0.29, 0.717) is 5.56 Å². The fourth-order valence-electron chi connectivity index (χ4n) is 2.69. The van der Waals surface area contributed by atoms with Crippen LogP contribution in [0.5, 0.6) is 5.75 Å². The summed E-state index contributed by atoms with van der Waals surface area (Å²) in [7, 11) is 1.54. The average molecular weight is 389 g/mol. The van der Waals surface area contributed by atoms with Crippen LogP contribution in [0, 0.1) is 0 Å². The lowest BCUT2D eigenvalue weighted by Crippen LogP contribution is -2.28. The SMILES string of the molecule is CN(Cc1ccccc1OC(F)(F)F)C(=O)Cc1cnn(-c2ccccc2)c1. The van der Waals surface area contributed by atoms with Crippen molar-refractivity contribution >= 4 is 5.91 Å². The molecule has 0 fully saturated rings. The van der Waals surface area contributed by atoms with E-state index in [-0.39, 0.29) is 30.2 Å². The van der Waals surface area contributed by atoms with Gasteiger partial charge in [0, 0.05) is 25.4 Å². The minimum Gasteiger partial charge on any atom is -0.405 e. The van der Waals surface area contributed by atoms with Crippen LogP contribution in [0.15, 0.2) is 67.0 Å². The Morgan fingerprint density at radius 1 is 1.11 bits per heavy atom. The number of nitrogens with zero attached hydrogens (tertiary/aromatic N) is 3. The number of aromatic nitrogens is 2. The molecule has 0 unspecified atom stereocenters. The van der Waals surface area contributed by atoms with Crippen molar-refractivity contribution in [3.63, 3.8) is 0 Å². The lowest BCUT2D eigenvalue weighted by molar-refractivity contribution is -0.275. The van der Waals surface area contributed by atoms with Crippen molar-refractivity contribution in [2.75, 3.05) is 7.05 Å². The molecule has 1 aromatic heterocycles. The van der Waals surface area contributed by atoms with Crippen LogP contribution in [-0.2, 0) is 17.8 Å². The summed E-state index contributed by atoms with van der Waals surface area (Å²) in [6.45, 7) is -0.00207. The highest BCUT2D eigenvalue weighted by Crippen LogP contribution is 2.27. The van der Waals surface area contributed by atoms with Crippen LogP contribution >= 0.6 is 0 Å². The molecule has 0 aliphatic heterocycles. The van der Waals surface area contributed by atoms with E-state index < -0.39 is 6.36 Å². The van der Waals surface area contributed by atoms with Crippen LogP contribution in [-0.4, -0.2) is 34.0 Å². The van der Waals surface area contributed by atoms with Crippen molar-refractivity contribution in [2.45, 2.75) is 19.3 Å². The maximum Gasteiger partial charge on any atom is 0.573 e. The Balaban J connectivity index is 1.65. The van der Waals surface area contributed by atoms with E-state index in [1.165, 1.54) is 30.1 Å². The van der Waals surface area contributed by atoms with Gasteiger partial charge in [0.25, 0.3) is 0 Å². The predicted molar refractivity (Wildman–Crippen MR) is 96.9 cm³/mol. The summed E-state index contributed by atoms with van der Waals surface area (Å²) >= 11 is 0. The number of rotatable bonds is 6. The number of para-hydroxylation sites is 2. The molecule has 0 N–H and O–H groups in total. The predicted octanol–water partition coefficient (Wildman–Crippen LogP) is 3.97. The lowest BCUT2D eigenvalue weighted by Gasteiger charge is -2.19. The second kappa shape index (κ2) is 8.16. The minimum atomic E-state index is -4.79. The first-order valence-corrected chi connectivity index (χ1v) is 8.48. The van der Waals surface area contributed by atoms with Crippen LogP contribution in [0.1, 0.15) is 11.1 Å². The minimum absolute atomic E-state index is 0.00207. The van der Waals surface area contributed by atoms with Gasteiger partial charge in [-0.15, -0.1) is 13.2 Å². The third kappa shape index (κ3) is 5.12. The number of hydrogen-bond donors (Lipinski definition) is 0. The van der Waals surface area contributed by atoms with Gasteiger partial charge in [0.05, 0.1) is 18.3 Å². The molecule has 0 saturated carbocycles. The van der Waals surface area contributed by atoms with E-state index >= 15 is 0 Å². The van der Waals surface area contributed by atoms with Gasteiger partial charge in [-0.25, -0.2) is 4.68 Å². The first-order valence-electron chi connectivity index (χ1n) is 8.48. The number of carbonyl (C=O) groups excluding carboxylic acids is 1. The number of amides is 1. The number of benzene rings is 2. The molecule has 0 saturated heterocycles. The molecule has 0 atom stereocenters. The Hall–Kier alpha value is -3.29. The Morgan fingerprint density at radius 2 is 1.79 bits per heavy atom. The maximum atomic E-state index is 12.5. The van der Waals surface area contributed by atoms with Crippen LogP contribution in [0.2, 0.25) is 0 Å². The summed E-state index contributed by atoms with van der Waals surface area (Å²) in [6.07, 6.45) is -1.35. The van der Waals surface area contributed by atoms with E-state index in [0.717, 1.165) is 5.69 Å². The molecule has 0 radical (unpaired) electrons. The van der Waals surface area contributed by atoms with Gasteiger partial charge >= 0.3 is 6.36 Å². The number of likely N-dealkylation sites (N-methyl/N-ethyl adjacent to an activating group) is 1. The van der Waals surface area contributed by atoms with E-state index in [4.69, 9.17) is 0 Å². The Morgan fingerprint density at radius 3 is 2.50 bits per heavy atom. The molecule has 0 bridgehead atoms. The Bertz CT molecular complexity index is 939. The third-order valence-corrected chi connectivity index (χ3v) is 4.04. The monoisotopic (exact) mass is 389 g/mol. The van der Waals surface area contributed by atoms with Gasteiger partial charge in [-0.3, -0.25) is 4.79 Å². The van der Waals surface area contributed by atoms with E-state index in [2.05, 4.69) is 9.84 Å². The van der Waals surface area contributed by atoms with Gasteiger partial charge in [0.1, 0.15) is 5.75 Å². The quantitative estimate of drug-likeness (QED) is 0.641. The van der Waals surface area contributed by atoms with Crippen LogP contribution in [0.25, 0.3) is 5.69 Å². The first kappa shape index (κ1) is 19.5. The van der Waals surface area contributed by atoms with Crippen LogP contribution in [0.3, 0.4) is 0 Å². The zero-order chi connectivity index (χ0) is 20.1. The molecule has 1 heterocycles. The van der Waals surface area contributed by atoms with Crippen LogP contribution in [0.4, 0.5) is 13.2 Å². The number of ether oxygens (including phenoxy) is 1. The van der Waals surface area contributed by atoms with Gasteiger partial charge in [0.15, 0.2) is 0 Å². The van der Waals surface area contributed by atoms with Gasteiger partial charge in [-0.2, -0.15) is 5.10 Å². The molecule has 0 aliphatic carbocycles. The van der Waals surface area contributed by atoms with Crippen molar-refractivity contribution in [3.05, 3.63) is 78.1 Å². The summed E-state index contributed by atoms with van der Waals surface area (Å²) in [6, 6.07) is 15.2. The van der Waals surface area contributed by atoms with Crippen molar-refractivity contribution in [1.82, 2.24) is 14.7 Å². The molecule has 0 aliphatic rings. The standard InChI is InChI=1S/C20H18F3N3O2/c1-25(14-16-7-5-6-10-18(16)28-20(21,22)23)19(27)11-15-12-24-26(13-15)17-8-3-2-4-9-17/h2-10,12-13H,11,14H2,1H3. The number of carbonyl (C=O) groups is 1. The van der Waals surface area contributed by atoms with Gasteiger partial charge in [-0.05, 0) is 23.8 Å². The van der Waals surface area contributed by atoms with Crippen molar-refractivity contribution in [1.29, 1.82) is 0 Å². The maximum absolute atomic E-state index is 12.5. The summed E-state index contributed by atoms with van der Waals surface area (Å²) in [4.78, 5) is 13.8. The number of hydrogen-bond acceptors (Lipinski definition) is 3. The van der Waals surface area contributed by atoms with E-state index in [1.807, 2.05) is 30.3 Å². The second-order valence-electron chi connectivity index (χ2n) is 6.21. The number of halogens is 3. The van der Waals surface area contributed by atoms with Crippen molar-refractivity contribution in [2.24, 2.45) is 0 Å². The molecule has 3 aromatic rings. The van der Waals surface area contributed by atoms with E-state index in [1.54, 1.807) is 23.1 Å². The molecule has 5 nitrogen and oxygen atoms in total. The third-order valence-electron chi connectivity index (χ3n) is 4.04. The Labute approximate surface area is 160 Å². The molecule has 28 heavy (non-hydrogen) atoms. The topological polar surface area (TPSA) is 47.4 Å².